The lowest BCUT2D eigenvalue weighted by molar-refractivity contribution is 0.472. The van der Waals surface area contributed by atoms with Gasteiger partial charge >= 0.3 is 0 Å². The first-order valence-electron chi connectivity index (χ1n) is 7.08. The molecule has 0 radical (unpaired) electrons. The van der Waals surface area contributed by atoms with Crippen molar-refractivity contribution in [1.29, 1.82) is 0 Å². The predicted octanol–water partition coefficient (Wildman–Crippen LogP) is 3.54. The van der Waals surface area contributed by atoms with Gasteiger partial charge in [-0.05, 0) is 65.8 Å². The standard InChI is InChI=1S/C16H19NO2S2/c1-12-3-4-13(2)16(9-12)21(18,19)17-7-5-14(10-17)15-6-8-20-11-15/h3-4,6,8-9,11,14H,5,7,10H2,1-2H3. The average Bonchev–Trinajstić information content (AvgIpc) is 3.11. The molecule has 0 spiro atoms. The minimum absolute atomic E-state index is 0.330. The second-order valence-corrected chi connectivity index (χ2v) is 8.36. The smallest absolute Gasteiger partial charge is 0.207 e. The summed E-state index contributed by atoms with van der Waals surface area (Å²) in [4.78, 5) is 0.452. The van der Waals surface area contributed by atoms with Crippen molar-refractivity contribution in [2.24, 2.45) is 0 Å². The Balaban J connectivity index is 1.88. The van der Waals surface area contributed by atoms with Crippen molar-refractivity contribution >= 4 is 21.4 Å². The van der Waals surface area contributed by atoms with Gasteiger partial charge in [0.05, 0.1) is 4.90 Å². The van der Waals surface area contributed by atoms with Gasteiger partial charge in [0.25, 0.3) is 0 Å². The molecule has 1 aromatic carbocycles. The fraction of sp³-hybridized carbons (Fsp3) is 0.375. The van der Waals surface area contributed by atoms with E-state index >= 15 is 0 Å². The van der Waals surface area contributed by atoms with Crippen molar-refractivity contribution in [3.63, 3.8) is 0 Å². The Morgan fingerprint density at radius 3 is 2.76 bits per heavy atom. The van der Waals surface area contributed by atoms with E-state index in [0.29, 0.717) is 23.9 Å². The van der Waals surface area contributed by atoms with E-state index in [2.05, 4.69) is 16.8 Å². The molecule has 0 aliphatic carbocycles. The molecular formula is C16H19NO2S2. The summed E-state index contributed by atoms with van der Waals surface area (Å²) >= 11 is 1.67. The molecule has 3 nitrogen and oxygen atoms in total. The zero-order valence-corrected chi connectivity index (χ0v) is 13.9. The summed E-state index contributed by atoms with van der Waals surface area (Å²) in [6.07, 6.45) is 0.904. The molecule has 1 unspecified atom stereocenters. The lowest BCUT2D eigenvalue weighted by Crippen LogP contribution is -2.29. The molecule has 5 heteroatoms. The van der Waals surface area contributed by atoms with E-state index in [9.17, 15) is 8.42 Å². The number of sulfonamides is 1. The molecule has 1 aromatic heterocycles. The van der Waals surface area contributed by atoms with Gasteiger partial charge in [0.15, 0.2) is 0 Å². The van der Waals surface area contributed by atoms with Crippen molar-refractivity contribution in [1.82, 2.24) is 4.31 Å². The van der Waals surface area contributed by atoms with Crippen LogP contribution in [0.2, 0.25) is 0 Å². The van der Waals surface area contributed by atoms with E-state index in [-0.39, 0.29) is 0 Å². The SMILES string of the molecule is Cc1ccc(C)c(S(=O)(=O)N2CCC(c3ccsc3)C2)c1. The minimum Gasteiger partial charge on any atom is -0.207 e. The summed E-state index contributed by atoms with van der Waals surface area (Å²) in [5.74, 6) is 0.330. The first-order valence-corrected chi connectivity index (χ1v) is 9.46. The highest BCUT2D eigenvalue weighted by Gasteiger charge is 2.34. The molecule has 2 aromatic rings. The number of benzene rings is 1. The van der Waals surface area contributed by atoms with Gasteiger partial charge in [0, 0.05) is 13.1 Å². The van der Waals surface area contributed by atoms with E-state index < -0.39 is 10.0 Å². The molecule has 1 aliphatic rings. The summed E-state index contributed by atoms with van der Waals surface area (Å²) in [5.41, 5.74) is 3.06. The lowest BCUT2D eigenvalue weighted by Gasteiger charge is -2.18. The lowest BCUT2D eigenvalue weighted by atomic mass is 10.0. The number of hydrogen-bond acceptors (Lipinski definition) is 3. The highest BCUT2D eigenvalue weighted by molar-refractivity contribution is 7.89. The fourth-order valence-corrected chi connectivity index (χ4v) is 5.40. The number of nitrogens with zero attached hydrogens (tertiary/aromatic N) is 1. The Hall–Kier alpha value is -1.17. The van der Waals surface area contributed by atoms with Crippen LogP contribution in [0.3, 0.4) is 0 Å². The van der Waals surface area contributed by atoms with E-state index in [1.54, 1.807) is 21.7 Å². The summed E-state index contributed by atoms with van der Waals surface area (Å²) in [6.45, 7) is 4.98. The Morgan fingerprint density at radius 2 is 2.05 bits per heavy atom. The van der Waals surface area contributed by atoms with Gasteiger partial charge in [-0.1, -0.05) is 12.1 Å². The van der Waals surface area contributed by atoms with Gasteiger partial charge in [-0.15, -0.1) is 0 Å². The van der Waals surface area contributed by atoms with Gasteiger partial charge in [0.1, 0.15) is 0 Å². The van der Waals surface area contributed by atoms with Crippen LogP contribution in [-0.4, -0.2) is 25.8 Å². The van der Waals surface area contributed by atoms with Gasteiger partial charge < -0.3 is 0 Å². The Kier molecular flexibility index (Phi) is 3.90. The number of aryl methyl sites for hydroxylation is 2. The molecule has 1 saturated heterocycles. The van der Waals surface area contributed by atoms with Gasteiger partial charge in [-0.25, -0.2) is 8.42 Å². The fourth-order valence-electron chi connectivity index (χ4n) is 2.85. The number of hydrogen-bond donors (Lipinski definition) is 0. The molecule has 2 heterocycles. The molecule has 0 N–H and O–H groups in total. The molecule has 21 heavy (non-hydrogen) atoms. The van der Waals surface area contributed by atoms with Crippen LogP contribution in [0, 0.1) is 13.8 Å². The van der Waals surface area contributed by atoms with Crippen LogP contribution in [0.5, 0.6) is 0 Å². The normalized spacial score (nSPS) is 20.0. The van der Waals surface area contributed by atoms with E-state index in [4.69, 9.17) is 0 Å². The Bertz CT molecular complexity index is 736. The van der Waals surface area contributed by atoms with Crippen molar-refractivity contribution in [3.05, 3.63) is 51.7 Å². The maximum Gasteiger partial charge on any atom is 0.243 e. The average molecular weight is 321 g/mol. The first kappa shape index (κ1) is 14.8. The third-order valence-corrected chi connectivity index (χ3v) is 6.84. The molecule has 0 saturated carbocycles. The van der Waals surface area contributed by atoms with Crippen molar-refractivity contribution < 1.29 is 8.42 Å². The van der Waals surface area contributed by atoms with Crippen LogP contribution in [-0.2, 0) is 10.0 Å². The first-order chi connectivity index (χ1) is 9.98. The zero-order chi connectivity index (χ0) is 15.0. The van der Waals surface area contributed by atoms with Gasteiger partial charge in [0.2, 0.25) is 10.0 Å². The van der Waals surface area contributed by atoms with Crippen LogP contribution in [0.1, 0.15) is 29.0 Å². The third-order valence-electron chi connectivity index (χ3n) is 4.13. The van der Waals surface area contributed by atoms with E-state index in [1.165, 1.54) is 5.56 Å². The molecule has 112 valence electrons. The van der Waals surface area contributed by atoms with E-state index in [1.807, 2.05) is 26.0 Å². The molecule has 1 fully saturated rings. The van der Waals surface area contributed by atoms with Gasteiger partial charge in [-0.3, -0.25) is 0 Å². The molecule has 0 bridgehead atoms. The summed E-state index contributed by atoms with van der Waals surface area (Å²) in [6, 6.07) is 7.72. The van der Waals surface area contributed by atoms with E-state index in [0.717, 1.165) is 17.5 Å². The highest BCUT2D eigenvalue weighted by atomic mass is 32.2. The van der Waals surface area contributed by atoms with Crippen LogP contribution in [0.15, 0.2) is 39.9 Å². The summed E-state index contributed by atoms with van der Waals surface area (Å²) in [5, 5.41) is 4.18. The van der Waals surface area contributed by atoms with Crippen LogP contribution >= 0.6 is 11.3 Å². The second-order valence-electron chi connectivity index (χ2n) is 5.67. The van der Waals surface area contributed by atoms with Crippen LogP contribution in [0.25, 0.3) is 0 Å². The van der Waals surface area contributed by atoms with Crippen LogP contribution < -0.4 is 0 Å². The zero-order valence-electron chi connectivity index (χ0n) is 12.2. The molecule has 0 amide bonds. The summed E-state index contributed by atoms with van der Waals surface area (Å²) in [7, 11) is -3.38. The second kappa shape index (κ2) is 5.55. The molecule has 1 atom stereocenters. The third kappa shape index (κ3) is 2.78. The number of rotatable bonds is 3. The molecule has 3 rings (SSSR count). The topological polar surface area (TPSA) is 37.4 Å². The largest absolute Gasteiger partial charge is 0.243 e. The Morgan fingerprint density at radius 1 is 1.24 bits per heavy atom. The quantitative estimate of drug-likeness (QED) is 0.867. The monoisotopic (exact) mass is 321 g/mol. The van der Waals surface area contributed by atoms with Gasteiger partial charge in [-0.2, -0.15) is 15.6 Å². The molecular weight excluding hydrogens is 302 g/mol. The minimum atomic E-state index is -3.38. The van der Waals surface area contributed by atoms with Crippen molar-refractivity contribution in [3.8, 4) is 0 Å². The molecule has 1 aliphatic heterocycles. The van der Waals surface area contributed by atoms with Crippen molar-refractivity contribution in [2.75, 3.05) is 13.1 Å². The van der Waals surface area contributed by atoms with Crippen molar-refractivity contribution in [2.45, 2.75) is 31.1 Å². The highest BCUT2D eigenvalue weighted by Crippen LogP contribution is 2.32. The summed E-state index contributed by atoms with van der Waals surface area (Å²) < 4.78 is 27.3. The predicted molar refractivity (Wildman–Crippen MR) is 86.4 cm³/mol. The van der Waals surface area contributed by atoms with Crippen LogP contribution in [0.4, 0.5) is 0 Å². The number of thiophene rings is 1. The maximum atomic E-state index is 12.9. The maximum absolute atomic E-state index is 12.9. The Labute approximate surface area is 130 Å².